The lowest BCUT2D eigenvalue weighted by atomic mass is 10.2. The number of amides is 2. The minimum absolute atomic E-state index is 0.0573. The second-order valence-electron chi connectivity index (χ2n) is 4.38. The lowest BCUT2D eigenvalue weighted by molar-refractivity contribution is -0.128. The summed E-state index contributed by atoms with van der Waals surface area (Å²) in [6.07, 6.45) is 1.48. The topological polar surface area (TPSA) is 90.3 Å². The standard InChI is InChI=1S/C13H23N2O5PS/c1-5-12(16)14(7-3)9-11(20-21(18,19)22)10-15(8-4)13(17)6-2/h5-6,11H,1-2,7-10H2,3-4H3,(H2,18,19,22). The first-order valence-corrected chi connectivity index (χ1v) is 9.37. The van der Waals surface area contributed by atoms with Crippen molar-refractivity contribution in [2.75, 3.05) is 26.2 Å². The van der Waals surface area contributed by atoms with E-state index >= 15 is 0 Å². The highest BCUT2D eigenvalue weighted by Crippen LogP contribution is 2.38. The normalized spacial score (nSPS) is 11.1. The average molecular weight is 350 g/mol. The summed E-state index contributed by atoms with van der Waals surface area (Å²) < 4.78 is 5.07. The molecule has 0 saturated heterocycles. The molecule has 7 nitrogen and oxygen atoms in total. The Morgan fingerprint density at radius 1 is 1.14 bits per heavy atom. The van der Waals surface area contributed by atoms with E-state index in [1.807, 2.05) is 0 Å². The van der Waals surface area contributed by atoms with Crippen LogP contribution in [0.1, 0.15) is 13.8 Å². The molecule has 0 spiro atoms. The summed E-state index contributed by atoms with van der Waals surface area (Å²) in [5, 5.41) is 0. The minimum Gasteiger partial charge on any atom is -0.337 e. The second-order valence-corrected chi connectivity index (χ2v) is 7.00. The van der Waals surface area contributed by atoms with Crippen LogP contribution in [0.2, 0.25) is 0 Å². The molecule has 0 saturated carbocycles. The van der Waals surface area contributed by atoms with Crippen LogP contribution in [0.15, 0.2) is 25.3 Å². The predicted octanol–water partition coefficient (Wildman–Crippen LogP) is 0.650. The maximum atomic E-state index is 11.7. The Hall–Kier alpha value is -1.05. The molecule has 0 unspecified atom stereocenters. The number of likely N-dealkylation sites (N-methyl/N-ethyl adjacent to an activating group) is 2. The van der Waals surface area contributed by atoms with E-state index in [1.165, 1.54) is 9.80 Å². The van der Waals surface area contributed by atoms with Crippen molar-refractivity contribution >= 4 is 30.3 Å². The van der Waals surface area contributed by atoms with Gasteiger partial charge in [-0.05, 0) is 37.8 Å². The number of nitrogens with zero attached hydrogens (tertiary/aromatic N) is 2. The molecule has 22 heavy (non-hydrogen) atoms. The van der Waals surface area contributed by atoms with E-state index in [-0.39, 0.29) is 24.9 Å². The molecule has 0 aromatic rings. The van der Waals surface area contributed by atoms with Gasteiger partial charge in [0.25, 0.3) is 0 Å². The van der Waals surface area contributed by atoms with Gasteiger partial charge in [-0.15, -0.1) is 0 Å². The maximum Gasteiger partial charge on any atom is 0.322 e. The van der Waals surface area contributed by atoms with Crippen LogP contribution in [0, 0.1) is 0 Å². The molecule has 2 N–H and O–H groups in total. The largest absolute Gasteiger partial charge is 0.337 e. The molecule has 9 heteroatoms. The zero-order valence-corrected chi connectivity index (χ0v) is 14.6. The molecule has 0 heterocycles. The van der Waals surface area contributed by atoms with E-state index in [1.54, 1.807) is 13.8 Å². The highest BCUT2D eigenvalue weighted by atomic mass is 32.5. The average Bonchev–Trinajstić information content (AvgIpc) is 2.46. The number of carbonyl (C=O) groups is 2. The fourth-order valence-electron chi connectivity index (χ4n) is 1.82. The molecule has 0 aliphatic rings. The smallest absolute Gasteiger partial charge is 0.322 e. The zero-order valence-electron chi connectivity index (χ0n) is 12.8. The minimum atomic E-state index is -3.93. The van der Waals surface area contributed by atoms with E-state index in [0.717, 1.165) is 12.2 Å². The molecule has 0 atom stereocenters. The molecule has 2 amide bonds. The number of hydrogen-bond acceptors (Lipinski definition) is 4. The monoisotopic (exact) mass is 350 g/mol. The summed E-state index contributed by atoms with van der Waals surface area (Å²) in [4.78, 5) is 45.0. The first kappa shape index (κ1) is 20.9. The van der Waals surface area contributed by atoms with Crippen molar-refractivity contribution in [2.45, 2.75) is 20.0 Å². The van der Waals surface area contributed by atoms with Crippen LogP contribution >= 0.6 is 6.72 Å². The van der Waals surface area contributed by atoms with Crippen molar-refractivity contribution < 1.29 is 23.9 Å². The van der Waals surface area contributed by atoms with E-state index < -0.39 is 12.8 Å². The Morgan fingerprint density at radius 3 is 1.73 bits per heavy atom. The summed E-state index contributed by atoms with van der Waals surface area (Å²) in [7, 11) is 0. The quantitative estimate of drug-likeness (QED) is 0.444. The third-order valence-corrected chi connectivity index (χ3v) is 3.70. The van der Waals surface area contributed by atoms with Crippen molar-refractivity contribution in [3.8, 4) is 0 Å². The second kappa shape index (κ2) is 9.86. The molecule has 0 rings (SSSR count). The van der Waals surface area contributed by atoms with Crippen molar-refractivity contribution in [2.24, 2.45) is 0 Å². The number of hydrogen-bond donors (Lipinski definition) is 2. The van der Waals surface area contributed by atoms with Crippen LogP contribution in [0.25, 0.3) is 0 Å². The summed E-state index contributed by atoms with van der Waals surface area (Å²) in [6.45, 7) is 7.29. The predicted molar refractivity (Wildman–Crippen MR) is 88.5 cm³/mol. The van der Waals surface area contributed by atoms with Gasteiger partial charge in [-0.3, -0.25) is 9.59 Å². The van der Waals surface area contributed by atoms with Crippen LogP contribution in [-0.4, -0.2) is 63.7 Å². The van der Waals surface area contributed by atoms with E-state index in [2.05, 4.69) is 25.0 Å². The Labute approximate surface area is 136 Å². The van der Waals surface area contributed by atoms with Gasteiger partial charge >= 0.3 is 6.72 Å². The van der Waals surface area contributed by atoms with Gasteiger partial charge in [0.05, 0.1) is 0 Å². The molecule has 0 aromatic carbocycles. The van der Waals surface area contributed by atoms with Crippen molar-refractivity contribution in [3.63, 3.8) is 0 Å². The lowest BCUT2D eigenvalue weighted by Crippen LogP contribution is -2.44. The molecule has 126 valence electrons. The molecular formula is C13H23N2O5PS. The van der Waals surface area contributed by atoms with Gasteiger partial charge in [0.15, 0.2) is 0 Å². The van der Waals surface area contributed by atoms with Crippen molar-refractivity contribution in [1.82, 2.24) is 9.80 Å². The van der Waals surface area contributed by atoms with Crippen LogP contribution in [0.3, 0.4) is 0 Å². The third kappa shape index (κ3) is 7.82. The van der Waals surface area contributed by atoms with Crippen LogP contribution in [-0.2, 0) is 25.9 Å². The fraction of sp³-hybridized carbons (Fsp3) is 0.538. The summed E-state index contributed by atoms with van der Waals surface area (Å²) >= 11 is 4.48. The van der Waals surface area contributed by atoms with Crippen molar-refractivity contribution in [1.29, 1.82) is 0 Å². The van der Waals surface area contributed by atoms with Gasteiger partial charge in [-0.25, -0.2) is 0 Å². The Balaban J connectivity index is 5.14. The number of carbonyl (C=O) groups excluding carboxylic acids is 2. The van der Waals surface area contributed by atoms with Gasteiger partial charge in [0, 0.05) is 26.2 Å². The first-order valence-electron chi connectivity index (χ1n) is 6.75. The molecule has 0 aliphatic heterocycles. The van der Waals surface area contributed by atoms with Crippen LogP contribution < -0.4 is 0 Å². The third-order valence-electron chi connectivity index (χ3n) is 2.87. The maximum absolute atomic E-state index is 11.7. The molecule has 0 radical (unpaired) electrons. The highest BCUT2D eigenvalue weighted by molar-refractivity contribution is 8.06. The fourth-order valence-corrected chi connectivity index (χ4v) is 2.71. The molecule has 0 fully saturated rings. The summed E-state index contributed by atoms with van der Waals surface area (Å²) in [5.74, 6) is -0.642. The van der Waals surface area contributed by atoms with Gasteiger partial charge in [0.2, 0.25) is 11.8 Å². The Kier molecular flexibility index (Phi) is 9.39. The zero-order chi connectivity index (χ0) is 17.3. The van der Waals surface area contributed by atoms with Gasteiger partial charge in [-0.2, -0.15) is 0 Å². The highest BCUT2D eigenvalue weighted by Gasteiger charge is 2.25. The molecule has 0 bridgehead atoms. The Bertz CT molecular complexity index is 435. The molecule has 0 aliphatic carbocycles. The molecular weight excluding hydrogens is 327 g/mol. The summed E-state index contributed by atoms with van der Waals surface area (Å²) in [6, 6.07) is 0. The summed E-state index contributed by atoms with van der Waals surface area (Å²) in [5.41, 5.74) is 0. The number of rotatable bonds is 10. The van der Waals surface area contributed by atoms with Crippen LogP contribution in [0.4, 0.5) is 0 Å². The first-order chi connectivity index (χ1) is 10.2. The van der Waals surface area contributed by atoms with E-state index in [4.69, 9.17) is 4.52 Å². The van der Waals surface area contributed by atoms with Gasteiger partial charge in [0.1, 0.15) is 6.10 Å². The lowest BCUT2D eigenvalue weighted by Gasteiger charge is -2.30. The van der Waals surface area contributed by atoms with Gasteiger partial charge < -0.3 is 24.1 Å². The Morgan fingerprint density at radius 2 is 1.50 bits per heavy atom. The van der Waals surface area contributed by atoms with Crippen molar-refractivity contribution in [3.05, 3.63) is 25.3 Å². The molecule has 0 aromatic heterocycles. The van der Waals surface area contributed by atoms with Gasteiger partial charge in [-0.1, -0.05) is 13.2 Å². The van der Waals surface area contributed by atoms with E-state index in [0.29, 0.717) is 13.1 Å². The SMILES string of the molecule is C=CC(=O)N(CC)CC(CN(CC)C(=O)C=C)OP(O)(O)=S. The van der Waals surface area contributed by atoms with E-state index in [9.17, 15) is 19.4 Å². The van der Waals surface area contributed by atoms with Crippen LogP contribution in [0.5, 0.6) is 0 Å².